The van der Waals surface area contributed by atoms with Crippen molar-refractivity contribution in [3.63, 3.8) is 0 Å². The van der Waals surface area contributed by atoms with E-state index in [2.05, 4.69) is 6.58 Å². The number of ether oxygens (including phenoxy) is 1. The standard InChI is InChI=1S/C14H18O2/c1-11(2)10-16-14-8-6-13(7-9-14)5-4-12(3)15/h6-9H,1,4-5,10H2,2-3H3. The Balaban J connectivity index is 2.47. The van der Waals surface area contributed by atoms with Crippen LogP contribution in [-0.4, -0.2) is 12.4 Å². The van der Waals surface area contributed by atoms with Crippen LogP contribution in [0.5, 0.6) is 5.75 Å². The molecule has 0 radical (unpaired) electrons. The number of hydrogen-bond acceptors (Lipinski definition) is 2. The van der Waals surface area contributed by atoms with Crippen LogP contribution in [0.15, 0.2) is 36.4 Å². The lowest BCUT2D eigenvalue weighted by Gasteiger charge is -2.06. The number of ketones is 1. The molecule has 0 bridgehead atoms. The van der Waals surface area contributed by atoms with E-state index < -0.39 is 0 Å². The van der Waals surface area contributed by atoms with Gasteiger partial charge in [0.05, 0.1) is 0 Å². The second-order valence-electron chi connectivity index (χ2n) is 4.09. The Kier molecular flexibility index (Phi) is 4.77. The normalized spacial score (nSPS) is 9.88. The van der Waals surface area contributed by atoms with Gasteiger partial charge in [-0.3, -0.25) is 0 Å². The zero-order valence-corrected chi connectivity index (χ0v) is 9.95. The molecule has 0 aromatic heterocycles. The van der Waals surface area contributed by atoms with Crippen molar-refractivity contribution in [3.05, 3.63) is 42.0 Å². The first-order valence-corrected chi connectivity index (χ1v) is 5.43. The van der Waals surface area contributed by atoms with Crippen molar-refractivity contribution in [2.75, 3.05) is 6.61 Å². The summed E-state index contributed by atoms with van der Waals surface area (Å²) in [6.07, 6.45) is 1.40. The maximum Gasteiger partial charge on any atom is 0.130 e. The monoisotopic (exact) mass is 218 g/mol. The van der Waals surface area contributed by atoms with E-state index in [-0.39, 0.29) is 5.78 Å². The molecule has 1 aromatic rings. The molecule has 0 N–H and O–H groups in total. The van der Waals surface area contributed by atoms with Crippen molar-refractivity contribution in [2.45, 2.75) is 26.7 Å². The molecule has 2 heteroatoms. The van der Waals surface area contributed by atoms with E-state index in [9.17, 15) is 4.79 Å². The first kappa shape index (κ1) is 12.5. The number of Topliss-reactive ketones (excluding diaryl/α,β-unsaturated/α-hetero) is 1. The third kappa shape index (κ3) is 4.78. The molecule has 1 aromatic carbocycles. The zero-order chi connectivity index (χ0) is 12.0. The highest BCUT2D eigenvalue weighted by atomic mass is 16.5. The van der Waals surface area contributed by atoms with Crippen molar-refractivity contribution in [1.29, 1.82) is 0 Å². The van der Waals surface area contributed by atoms with Crippen molar-refractivity contribution in [3.8, 4) is 5.75 Å². The Morgan fingerprint density at radius 2 is 1.88 bits per heavy atom. The molecule has 0 heterocycles. The van der Waals surface area contributed by atoms with Gasteiger partial charge in [0.1, 0.15) is 18.1 Å². The number of rotatable bonds is 6. The molecule has 0 saturated heterocycles. The highest BCUT2D eigenvalue weighted by Crippen LogP contribution is 2.14. The zero-order valence-electron chi connectivity index (χ0n) is 9.95. The van der Waals surface area contributed by atoms with Crippen LogP contribution in [0.2, 0.25) is 0 Å². The van der Waals surface area contributed by atoms with Gasteiger partial charge in [-0.15, -0.1) is 0 Å². The van der Waals surface area contributed by atoms with E-state index in [4.69, 9.17) is 4.74 Å². The van der Waals surface area contributed by atoms with E-state index in [0.717, 1.165) is 23.3 Å². The molecular weight excluding hydrogens is 200 g/mol. The van der Waals surface area contributed by atoms with Gasteiger partial charge in [-0.25, -0.2) is 0 Å². The quantitative estimate of drug-likeness (QED) is 0.685. The fourth-order valence-corrected chi connectivity index (χ4v) is 1.28. The molecule has 0 amide bonds. The van der Waals surface area contributed by atoms with Gasteiger partial charge in [0.15, 0.2) is 0 Å². The summed E-state index contributed by atoms with van der Waals surface area (Å²) in [5.41, 5.74) is 2.17. The fourth-order valence-electron chi connectivity index (χ4n) is 1.28. The SMILES string of the molecule is C=C(C)COc1ccc(CCC(C)=O)cc1. The first-order chi connectivity index (χ1) is 7.58. The molecule has 2 nitrogen and oxygen atoms in total. The van der Waals surface area contributed by atoms with E-state index >= 15 is 0 Å². The molecular formula is C14H18O2. The summed E-state index contributed by atoms with van der Waals surface area (Å²) >= 11 is 0. The lowest BCUT2D eigenvalue weighted by Crippen LogP contribution is -1.98. The summed E-state index contributed by atoms with van der Waals surface area (Å²) in [6, 6.07) is 7.85. The van der Waals surface area contributed by atoms with Crippen molar-refractivity contribution in [2.24, 2.45) is 0 Å². The van der Waals surface area contributed by atoms with Gasteiger partial charge < -0.3 is 9.53 Å². The number of hydrogen-bond donors (Lipinski definition) is 0. The highest BCUT2D eigenvalue weighted by Gasteiger charge is 1.98. The summed E-state index contributed by atoms with van der Waals surface area (Å²) < 4.78 is 5.48. The summed E-state index contributed by atoms with van der Waals surface area (Å²) in [6.45, 7) is 7.87. The van der Waals surface area contributed by atoms with Gasteiger partial charge in [-0.1, -0.05) is 18.7 Å². The van der Waals surface area contributed by atoms with E-state index in [1.165, 1.54) is 0 Å². The topological polar surface area (TPSA) is 26.3 Å². The van der Waals surface area contributed by atoms with Gasteiger partial charge in [-0.2, -0.15) is 0 Å². The molecule has 0 atom stereocenters. The Hall–Kier alpha value is -1.57. The Labute approximate surface area is 96.9 Å². The summed E-state index contributed by atoms with van der Waals surface area (Å²) in [7, 11) is 0. The second-order valence-corrected chi connectivity index (χ2v) is 4.09. The number of carbonyl (C=O) groups is 1. The van der Waals surface area contributed by atoms with Gasteiger partial charge in [0.2, 0.25) is 0 Å². The predicted molar refractivity (Wildman–Crippen MR) is 65.8 cm³/mol. The molecule has 86 valence electrons. The lowest BCUT2D eigenvalue weighted by atomic mass is 10.1. The maximum absolute atomic E-state index is 10.8. The van der Waals surface area contributed by atoms with Gasteiger partial charge >= 0.3 is 0 Å². The summed E-state index contributed by atoms with van der Waals surface area (Å²) in [4.78, 5) is 10.8. The van der Waals surface area contributed by atoms with Crippen LogP contribution in [0.4, 0.5) is 0 Å². The third-order valence-electron chi connectivity index (χ3n) is 2.17. The van der Waals surface area contributed by atoms with Crippen LogP contribution >= 0.6 is 0 Å². The van der Waals surface area contributed by atoms with E-state index in [0.29, 0.717) is 13.0 Å². The van der Waals surface area contributed by atoms with Gasteiger partial charge in [0.25, 0.3) is 0 Å². The van der Waals surface area contributed by atoms with Gasteiger partial charge in [0, 0.05) is 6.42 Å². The van der Waals surface area contributed by atoms with Gasteiger partial charge in [-0.05, 0) is 43.5 Å². The van der Waals surface area contributed by atoms with Crippen molar-refractivity contribution >= 4 is 5.78 Å². The molecule has 0 fully saturated rings. The summed E-state index contributed by atoms with van der Waals surface area (Å²) in [5.74, 6) is 1.07. The largest absolute Gasteiger partial charge is 0.489 e. The first-order valence-electron chi connectivity index (χ1n) is 5.43. The maximum atomic E-state index is 10.8. The minimum atomic E-state index is 0.225. The van der Waals surface area contributed by atoms with Crippen LogP contribution in [0.25, 0.3) is 0 Å². The average molecular weight is 218 g/mol. The average Bonchev–Trinajstić information content (AvgIpc) is 2.25. The number of carbonyl (C=O) groups excluding carboxylic acids is 1. The third-order valence-corrected chi connectivity index (χ3v) is 2.17. The predicted octanol–water partition coefficient (Wildman–Crippen LogP) is 3.16. The van der Waals surface area contributed by atoms with Crippen LogP contribution in [0.3, 0.4) is 0 Å². The molecule has 0 aliphatic carbocycles. The molecule has 0 saturated carbocycles. The number of benzene rings is 1. The molecule has 0 aliphatic rings. The minimum absolute atomic E-state index is 0.225. The molecule has 16 heavy (non-hydrogen) atoms. The molecule has 1 rings (SSSR count). The van der Waals surface area contributed by atoms with E-state index in [1.54, 1.807) is 6.92 Å². The Morgan fingerprint density at radius 1 is 1.25 bits per heavy atom. The Morgan fingerprint density at radius 3 is 2.38 bits per heavy atom. The van der Waals surface area contributed by atoms with Crippen LogP contribution in [-0.2, 0) is 11.2 Å². The van der Waals surface area contributed by atoms with Crippen molar-refractivity contribution in [1.82, 2.24) is 0 Å². The fraction of sp³-hybridized carbons (Fsp3) is 0.357. The summed E-state index contributed by atoms with van der Waals surface area (Å²) in [5, 5.41) is 0. The van der Waals surface area contributed by atoms with Crippen LogP contribution in [0.1, 0.15) is 25.8 Å². The van der Waals surface area contributed by atoms with Crippen molar-refractivity contribution < 1.29 is 9.53 Å². The Bertz CT molecular complexity index is 326. The smallest absolute Gasteiger partial charge is 0.130 e. The molecule has 0 spiro atoms. The molecule has 0 aliphatic heterocycles. The lowest BCUT2D eigenvalue weighted by molar-refractivity contribution is -0.116. The highest BCUT2D eigenvalue weighted by molar-refractivity contribution is 5.75. The number of aryl methyl sites for hydroxylation is 1. The second kappa shape index (κ2) is 6.11. The van der Waals surface area contributed by atoms with Crippen LogP contribution in [0, 0.1) is 0 Å². The molecule has 0 unspecified atom stereocenters. The van der Waals surface area contributed by atoms with E-state index in [1.807, 2.05) is 31.2 Å². The minimum Gasteiger partial charge on any atom is -0.489 e. The van der Waals surface area contributed by atoms with Crippen LogP contribution < -0.4 is 4.74 Å².